The summed E-state index contributed by atoms with van der Waals surface area (Å²) in [7, 11) is 0. The molecule has 0 aliphatic heterocycles. The molecule has 0 saturated heterocycles. The molecule has 0 bridgehead atoms. The molecule has 6 nitrogen and oxygen atoms in total. The average Bonchev–Trinajstić information content (AvgIpc) is 0.810. The molecular formula is C96H108O6. The Labute approximate surface area is 619 Å². The molecule has 0 spiro atoms. The van der Waals surface area contributed by atoms with Gasteiger partial charge in [0.25, 0.3) is 0 Å². The minimum Gasteiger partial charge on any atom is -0.490 e. The maximum atomic E-state index is 6.66. The molecule has 0 fully saturated rings. The van der Waals surface area contributed by atoms with Crippen molar-refractivity contribution in [3.63, 3.8) is 0 Å². The highest BCUT2D eigenvalue weighted by Gasteiger charge is 2.17. The van der Waals surface area contributed by atoms with Crippen molar-refractivity contribution in [3.8, 4) is 212 Å². The smallest absolute Gasteiger partial charge is 0.162 e. The molecule has 0 atom stereocenters. The summed E-state index contributed by atoms with van der Waals surface area (Å²) >= 11 is 0. The summed E-state index contributed by atoms with van der Waals surface area (Å²) in [5.74, 6) is 99.1. The van der Waals surface area contributed by atoms with Gasteiger partial charge in [0.2, 0.25) is 0 Å². The maximum absolute atomic E-state index is 6.66. The fraction of sp³-hybridized carbons (Fsp3) is 0.500. The van der Waals surface area contributed by atoms with Crippen LogP contribution in [-0.4, -0.2) is 39.6 Å². The number of rotatable bonds is 42. The molecule has 0 N–H and O–H groups in total. The molecule has 0 unspecified atom stereocenters. The van der Waals surface area contributed by atoms with E-state index in [0.717, 1.165) is 231 Å². The van der Waals surface area contributed by atoms with Crippen LogP contribution in [0.2, 0.25) is 0 Å². The second-order valence-electron chi connectivity index (χ2n) is 24.4. The standard InChI is InChI=1S/C96H108O6/c1-7-13-19-25-31-37-43-49-55-61-73-97-91-79-85-67-68-87-81-93(99-75-63-57-51-45-39-33-27-21-15-9-3)95(101-77-65-59-53-47-41-35-29-23-17-11-5)83-89(87)71-72-90-84-96(102-78-66-60-54-48-42-36-30-24-18-12-6)94(100-76-64-58-52-46-40-34-28-22-16-10-4)82-88(90)70-69-86(85)80-92(91)98-74-62-56-50-44-38-32-26-20-14-8-2/h79-84H,7-24,49-66,73-78H2,1-6H3. The molecule has 1 aliphatic carbocycles. The zero-order valence-electron chi connectivity index (χ0n) is 62.6. The molecule has 3 aromatic carbocycles. The number of hydrogen-bond acceptors (Lipinski definition) is 6. The van der Waals surface area contributed by atoms with Gasteiger partial charge < -0.3 is 28.4 Å². The number of hydrogen-bond donors (Lipinski definition) is 0. The number of unbranched alkanes of at least 4 members (excludes halogenated alkanes) is 24. The van der Waals surface area contributed by atoms with Crippen LogP contribution < -0.4 is 28.4 Å². The molecule has 6 heteroatoms. The van der Waals surface area contributed by atoms with Gasteiger partial charge in [-0.15, -0.1) is 0 Å². The maximum Gasteiger partial charge on any atom is 0.162 e. The Bertz CT molecular complexity index is 3370. The molecule has 4 rings (SSSR count). The van der Waals surface area contributed by atoms with Crippen molar-refractivity contribution >= 4 is 0 Å². The Kier molecular flexibility index (Phi) is 50.2. The first kappa shape index (κ1) is 84.3. The van der Waals surface area contributed by atoms with Crippen molar-refractivity contribution in [1.29, 1.82) is 0 Å². The summed E-state index contributed by atoms with van der Waals surface area (Å²) in [5.41, 5.74) is 3.93. The lowest BCUT2D eigenvalue weighted by Crippen LogP contribution is -2.05. The predicted molar refractivity (Wildman–Crippen MR) is 424 cm³/mol. The van der Waals surface area contributed by atoms with Crippen LogP contribution in [0.1, 0.15) is 306 Å². The van der Waals surface area contributed by atoms with E-state index in [9.17, 15) is 0 Å². The van der Waals surface area contributed by atoms with E-state index in [4.69, 9.17) is 28.4 Å². The van der Waals surface area contributed by atoms with Crippen LogP contribution in [0.4, 0.5) is 0 Å². The molecule has 1 aliphatic rings. The van der Waals surface area contributed by atoms with E-state index in [2.05, 4.69) is 219 Å². The molecule has 0 amide bonds. The Hall–Kier alpha value is -10.1. The summed E-state index contributed by atoms with van der Waals surface area (Å²) in [5, 5.41) is 0. The third-order valence-electron chi connectivity index (χ3n) is 15.3. The molecular weight excluding hydrogens is 1250 g/mol. The second-order valence-corrected chi connectivity index (χ2v) is 24.4. The van der Waals surface area contributed by atoms with Crippen LogP contribution in [0.3, 0.4) is 0 Å². The van der Waals surface area contributed by atoms with Gasteiger partial charge in [0.15, 0.2) is 34.5 Å². The first-order valence-electron chi connectivity index (χ1n) is 38.2. The van der Waals surface area contributed by atoms with Gasteiger partial charge in [-0.2, -0.15) is 0 Å². The Morgan fingerprint density at radius 1 is 0.186 bits per heavy atom. The van der Waals surface area contributed by atoms with Crippen molar-refractivity contribution in [2.45, 2.75) is 273 Å². The van der Waals surface area contributed by atoms with E-state index >= 15 is 0 Å². The summed E-state index contributed by atoms with van der Waals surface area (Å²) in [6, 6.07) is 11.7. The van der Waals surface area contributed by atoms with Gasteiger partial charge in [0.1, 0.15) is 0 Å². The zero-order chi connectivity index (χ0) is 72.3. The molecule has 0 saturated carbocycles. The van der Waals surface area contributed by atoms with E-state index in [1.165, 1.54) is 0 Å². The van der Waals surface area contributed by atoms with Crippen LogP contribution in [-0.2, 0) is 0 Å². The normalized spacial score (nSPS) is 9.59. The van der Waals surface area contributed by atoms with Gasteiger partial charge >= 0.3 is 0 Å². The molecule has 0 aromatic heterocycles. The van der Waals surface area contributed by atoms with Gasteiger partial charge in [-0.25, -0.2) is 0 Å². The predicted octanol–water partition coefficient (Wildman–Crippen LogP) is 20.7. The van der Waals surface area contributed by atoms with Crippen LogP contribution in [0.25, 0.3) is 0 Å². The highest BCUT2D eigenvalue weighted by molar-refractivity contribution is 5.68. The number of fused-ring (bicyclic) bond motifs is 3. The summed E-state index contributed by atoms with van der Waals surface area (Å²) in [6.45, 7) is 15.7. The van der Waals surface area contributed by atoms with Crippen LogP contribution in [0.15, 0.2) is 36.4 Å². The highest BCUT2D eigenvalue weighted by atomic mass is 16.5. The van der Waals surface area contributed by atoms with Crippen LogP contribution in [0, 0.1) is 178 Å². The topological polar surface area (TPSA) is 55.4 Å². The lowest BCUT2D eigenvalue weighted by molar-refractivity contribution is 0.260. The minimum atomic E-state index is 0.445. The highest BCUT2D eigenvalue weighted by Crippen LogP contribution is 2.36. The van der Waals surface area contributed by atoms with E-state index in [0.29, 0.717) is 108 Å². The fourth-order valence-electron chi connectivity index (χ4n) is 9.24. The Morgan fingerprint density at radius 2 is 0.314 bits per heavy atom. The van der Waals surface area contributed by atoms with Gasteiger partial charge in [0, 0.05) is 147 Å². The van der Waals surface area contributed by atoms with Crippen molar-refractivity contribution < 1.29 is 28.4 Å². The largest absolute Gasteiger partial charge is 0.490 e. The van der Waals surface area contributed by atoms with Gasteiger partial charge in [0.05, 0.1) is 39.6 Å². The van der Waals surface area contributed by atoms with Crippen molar-refractivity contribution in [2.24, 2.45) is 0 Å². The molecule has 102 heavy (non-hydrogen) atoms. The van der Waals surface area contributed by atoms with Crippen molar-refractivity contribution in [2.75, 3.05) is 39.6 Å². The van der Waals surface area contributed by atoms with Gasteiger partial charge in [-0.1, -0.05) is 187 Å². The van der Waals surface area contributed by atoms with Gasteiger partial charge in [-0.05, 0) is 187 Å². The van der Waals surface area contributed by atoms with Crippen LogP contribution >= 0.6 is 0 Å². The number of benzene rings is 3. The van der Waals surface area contributed by atoms with Gasteiger partial charge in [-0.3, -0.25) is 0 Å². The minimum absolute atomic E-state index is 0.445. The first-order chi connectivity index (χ1) is 50.5. The average molecular weight is 1360 g/mol. The lowest BCUT2D eigenvalue weighted by atomic mass is 10.0. The lowest BCUT2D eigenvalue weighted by Gasteiger charge is -2.16. The Balaban J connectivity index is 1.90. The van der Waals surface area contributed by atoms with Crippen molar-refractivity contribution in [3.05, 3.63) is 69.8 Å². The Morgan fingerprint density at radius 3 is 0.441 bits per heavy atom. The van der Waals surface area contributed by atoms with E-state index in [1.54, 1.807) is 0 Å². The number of ether oxygens (including phenoxy) is 6. The molecule has 0 radical (unpaired) electrons. The summed E-state index contributed by atoms with van der Waals surface area (Å²) in [6.07, 6.45) is 32.6. The van der Waals surface area contributed by atoms with E-state index < -0.39 is 0 Å². The third kappa shape index (κ3) is 41.4. The first-order valence-corrected chi connectivity index (χ1v) is 38.2. The quantitative estimate of drug-likeness (QED) is 0.0326. The fourth-order valence-corrected chi connectivity index (χ4v) is 9.24. The zero-order valence-corrected chi connectivity index (χ0v) is 62.6. The monoisotopic (exact) mass is 1360 g/mol. The second kappa shape index (κ2) is 60.8. The SMILES string of the molecule is CCCCC#CC#CCCCCOc1cc2c(cc1OCCCCC#CC#CCCCC)C#Cc1cc(OCCCCC#CC#CCCCC)c(OCCCCC#CC#CCCCC)cc1C#Cc1cc(OCCCCC#CC#CCCCC)c(OCCCCC#CC#CCCCC)cc1C#C2. The molecule has 3 aromatic rings. The third-order valence-corrected chi connectivity index (χ3v) is 15.3. The summed E-state index contributed by atoms with van der Waals surface area (Å²) < 4.78 is 40.0. The molecule has 528 valence electrons. The van der Waals surface area contributed by atoms with E-state index in [1.807, 2.05) is 36.4 Å². The van der Waals surface area contributed by atoms with E-state index in [-0.39, 0.29) is 0 Å². The molecule has 0 heterocycles. The van der Waals surface area contributed by atoms with Crippen molar-refractivity contribution in [1.82, 2.24) is 0 Å². The summed E-state index contributed by atoms with van der Waals surface area (Å²) in [4.78, 5) is 0. The van der Waals surface area contributed by atoms with Crippen LogP contribution in [0.5, 0.6) is 34.5 Å².